The van der Waals surface area contributed by atoms with Gasteiger partial charge in [-0.2, -0.15) is 0 Å². The van der Waals surface area contributed by atoms with Crippen molar-refractivity contribution >= 4 is 44.9 Å². The van der Waals surface area contributed by atoms with Gasteiger partial charge < -0.3 is 10.1 Å². The van der Waals surface area contributed by atoms with Crippen LogP contribution in [0.2, 0.25) is 0 Å². The zero-order valence-electron chi connectivity index (χ0n) is 17.8. The van der Waals surface area contributed by atoms with Crippen LogP contribution in [0.3, 0.4) is 0 Å². The van der Waals surface area contributed by atoms with Gasteiger partial charge in [-0.05, 0) is 60.4 Å². The Kier molecular flexibility index (Phi) is 6.02. The SMILES string of the molecule is COc1ccc(NC(=O)CSc2ncnc3sc4c(c23)CC[C@H](C(C)(C)C)C4)cc1. The first-order valence-corrected chi connectivity index (χ1v) is 12.0. The number of carbonyl (C=O) groups excluding carboxylic acids is 1. The number of nitrogens with zero attached hydrogens (tertiary/aromatic N) is 2. The zero-order valence-corrected chi connectivity index (χ0v) is 19.5. The maximum Gasteiger partial charge on any atom is 0.234 e. The van der Waals surface area contributed by atoms with E-state index in [4.69, 9.17) is 4.74 Å². The summed E-state index contributed by atoms with van der Waals surface area (Å²) >= 11 is 3.28. The van der Waals surface area contributed by atoms with Gasteiger partial charge in [0.2, 0.25) is 5.91 Å². The van der Waals surface area contributed by atoms with Gasteiger partial charge in [-0.3, -0.25) is 4.79 Å². The number of methoxy groups -OCH3 is 1. The summed E-state index contributed by atoms with van der Waals surface area (Å²) in [5, 5.41) is 5.01. The number of anilines is 1. The lowest BCUT2D eigenvalue weighted by Crippen LogP contribution is -2.26. The third-order valence-corrected chi connectivity index (χ3v) is 7.90. The first-order valence-electron chi connectivity index (χ1n) is 10.2. The van der Waals surface area contributed by atoms with Crippen molar-refractivity contribution in [1.29, 1.82) is 0 Å². The van der Waals surface area contributed by atoms with E-state index in [-0.39, 0.29) is 5.91 Å². The van der Waals surface area contributed by atoms with Crippen LogP contribution < -0.4 is 10.1 Å². The van der Waals surface area contributed by atoms with Gasteiger partial charge >= 0.3 is 0 Å². The van der Waals surface area contributed by atoms with E-state index >= 15 is 0 Å². The highest BCUT2D eigenvalue weighted by Crippen LogP contribution is 2.44. The van der Waals surface area contributed by atoms with Crippen molar-refractivity contribution in [2.24, 2.45) is 11.3 Å². The predicted octanol–water partition coefficient (Wildman–Crippen LogP) is 5.58. The summed E-state index contributed by atoms with van der Waals surface area (Å²) in [6.07, 6.45) is 4.99. The number of ether oxygens (including phenoxy) is 1. The highest BCUT2D eigenvalue weighted by atomic mass is 32.2. The smallest absolute Gasteiger partial charge is 0.234 e. The Morgan fingerprint density at radius 3 is 2.73 bits per heavy atom. The molecule has 158 valence electrons. The standard InChI is InChI=1S/C23H27N3O2S2/c1-23(2,3)14-5-10-17-18(11-14)30-22-20(17)21(24-13-25-22)29-12-19(27)26-15-6-8-16(28-4)9-7-15/h6-9,13-14H,5,10-12H2,1-4H3,(H,26,27)/t14-/m0/s1. The molecule has 3 aromatic rings. The molecule has 1 aliphatic carbocycles. The molecule has 0 aliphatic heterocycles. The summed E-state index contributed by atoms with van der Waals surface area (Å²) in [5.74, 6) is 1.72. The Bertz CT molecular complexity index is 1050. The number of rotatable bonds is 5. The van der Waals surface area contributed by atoms with Crippen molar-refractivity contribution in [2.75, 3.05) is 18.2 Å². The lowest BCUT2D eigenvalue weighted by molar-refractivity contribution is -0.113. The molecule has 1 atom stereocenters. The number of hydrogen-bond acceptors (Lipinski definition) is 6. The second kappa shape index (κ2) is 8.55. The van der Waals surface area contributed by atoms with Gasteiger partial charge in [-0.25, -0.2) is 9.97 Å². The number of aryl methyl sites for hydroxylation is 1. The minimum atomic E-state index is -0.0474. The molecule has 1 aromatic carbocycles. The molecule has 1 amide bonds. The number of hydrogen-bond donors (Lipinski definition) is 1. The first-order chi connectivity index (χ1) is 14.3. The highest BCUT2D eigenvalue weighted by Gasteiger charge is 2.31. The fourth-order valence-corrected chi connectivity index (χ4v) is 6.09. The van der Waals surface area contributed by atoms with Crippen molar-refractivity contribution in [3.05, 3.63) is 41.0 Å². The highest BCUT2D eigenvalue weighted by molar-refractivity contribution is 8.00. The quantitative estimate of drug-likeness (QED) is 0.413. The van der Waals surface area contributed by atoms with Crippen molar-refractivity contribution < 1.29 is 9.53 Å². The molecule has 1 N–H and O–H groups in total. The summed E-state index contributed by atoms with van der Waals surface area (Å²) in [4.78, 5) is 24.0. The van der Waals surface area contributed by atoms with E-state index in [9.17, 15) is 4.79 Å². The van der Waals surface area contributed by atoms with Crippen LogP contribution in [-0.4, -0.2) is 28.7 Å². The number of carbonyl (C=O) groups is 1. The van der Waals surface area contributed by atoms with Gasteiger partial charge in [-0.1, -0.05) is 32.5 Å². The van der Waals surface area contributed by atoms with Gasteiger partial charge in [-0.15, -0.1) is 11.3 Å². The Hall–Kier alpha value is -2.12. The van der Waals surface area contributed by atoms with Crippen LogP contribution in [0.15, 0.2) is 35.6 Å². The molecule has 0 radical (unpaired) electrons. The van der Waals surface area contributed by atoms with E-state index in [0.29, 0.717) is 17.1 Å². The molecular formula is C23H27N3O2S2. The number of fused-ring (bicyclic) bond motifs is 3. The van der Waals surface area contributed by atoms with Gasteiger partial charge in [0.05, 0.1) is 12.9 Å². The molecule has 0 spiro atoms. The maximum absolute atomic E-state index is 12.5. The number of nitrogens with one attached hydrogen (secondary N) is 1. The molecule has 5 nitrogen and oxygen atoms in total. The monoisotopic (exact) mass is 441 g/mol. The van der Waals surface area contributed by atoms with E-state index in [1.165, 1.54) is 28.6 Å². The molecule has 2 aromatic heterocycles. The maximum atomic E-state index is 12.5. The van der Waals surface area contributed by atoms with Gasteiger partial charge in [0.25, 0.3) is 0 Å². The lowest BCUT2D eigenvalue weighted by atomic mass is 9.72. The number of thiophene rings is 1. The fourth-order valence-electron chi connectivity index (χ4n) is 3.94. The summed E-state index contributed by atoms with van der Waals surface area (Å²) in [7, 11) is 1.62. The van der Waals surface area contributed by atoms with Crippen LogP contribution in [-0.2, 0) is 17.6 Å². The van der Waals surface area contributed by atoms with E-state index in [0.717, 1.165) is 39.5 Å². The second-order valence-corrected chi connectivity index (χ2v) is 10.8. The fraction of sp³-hybridized carbons (Fsp3) is 0.435. The van der Waals surface area contributed by atoms with E-state index in [1.807, 2.05) is 24.3 Å². The summed E-state index contributed by atoms with van der Waals surface area (Å²) in [6, 6.07) is 7.34. The van der Waals surface area contributed by atoms with Crippen LogP contribution in [0, 0.1) is 11.3 Å². The molecule has 0 saturated heterocycles. The summed E-state index contributed by atoms with van der Waals surface area (Å²) < 4.78 is 5.15. The van der Waals surface area contributed by atoms with Gasteiger partial charge in [0.1, 0.15) is 21.9 Å². The minimum absolute atomic E-state index is 0.0474. The first kappa shape index (κ1) is 21.1. The largest absolute Gasteiger partial charge is 0.497 e. The normalized spacial score (nSPS) is 16.3. The number of thioether (sulfide) groups is 1. The van der Waals surface area contributed by atoms with E-state index < -0.39 is 0 Å². The Morgan fingerprint density at radius 1 is 1.27 bits per heavy atom. The van der Waals surface area contributed by atoms with Crippen molar-refractivity contribution in [2.45, 2.75) is 45.1 Å². The molecule has 7 heteroatoms. The predicted molar refractivity (Wildman–Crippen MR) is 125 cm³/mol. The Morgan fingerprint density at radius 2 is 2.03 bits per heavy atom. The van der Waals surface area contributed by atoms with Crippen molar-refractivity contribution in [3.63, 3.8) is 0 Å². The van der Waals surface area contributed by atoms with E-state index in [1.54, 1.807) is 24.8 Å². The van der Waals surface area contributed by atoms with Crippen molar-refractivity contribution in [1.82, 2.24) is 9.97 Å². The Labute approximate surface area is 185 Å². The number of benzene rings is 1. The molecule has 0 unspecified atom stereocenters. The Balaban J connectivity index is 1.48. The molecule has 1 aliphatic rings. The van der Waals surface area contributed by atoms with Crippen LogP contribution in [0.5, 0.6) is 5.75 Å². The molecule has 30 heavy (non-hydrogen) atoms. The lowest BCUT2D eigenvalue weighted by Gasteiger charge is -2.33. The number of aromatic nitrogens is 2. The molecule has 0 bridgehead atoms. The molecule has 4 rings (SSSR count). The molecule has 0 fully saturated rings. The molecular weight excluding hydrogens is 414 g/mol. The van der Waals surface area contributed by atoms with Gasteiger partial charge in [0, 0.05) is 16.0 Å². The second-order valence-electron chi connectivity index (χ2n) is 8.73. The number of amides is 1. The third-order valence-electron chi connectivity index (χ3n) is 5.75. The average Bonchev–Trinajstić information content (AvgIpc) is 3.10. The van der Waals surface area contributed by atoms with Crippen LogP contribution in [0.4, 0.5) is 5.69 Å². The van der Waals surface area contributed by atoms with E-state index in [2.05, 4.69) is 36.1 Å². The topological polar surface area (TPSA) is 64.1 Å². The average molecular weight is 442 g/mol. The van der Waals surface area contributed by atoms with Crippen LogP contribution >= 0.6 is 23.1 Å². The zero-order chi connectivity index (χ0) is 21.3. The molecule has 0 saturated carbocycles. The van der Waals surface area contributed by atoms with Gasteiger partial charge in [0.15, 0.2) is 0 Å². The van der Waals surface area contributed by atoms with Crippen molar-refractivity contribution in [3.8, 4) is 5.75 Å². The minimum Gasteiger partial charge on any atom is -0.497 e. The summed E-state index contributed by atoms with van der Waals surface area (Å²) in [5.41, 5.74) is 2.47. The summed E-state index contributed by atoms with van der Waals surface area (Å²) in [6.45, 7) is 7.00. The molecule has 2 heterocycles. The third kappa shape index (κ3) is 4.47. The van der Waals surface area contributed by atoms with Crippen LogP contribution in [0.25, 0.3) is 10.2 Å². The van der Waals surface area contributed by atoms with Crippen LogP contribution in [0.1, 0.15) is 37.6 Å².